The number of hydrogen-bond acceptors (Lipinski definition) is 3. The third kappa shape index (κ3) is 3.45. The van der Waals surface area contributed by atoms with Crippen LogP contribution in [0.2, 0.25) is 0 Å². The highest BCUT2D eigenvalue weighted by Gasteiger charge is 2.03. The molecule has 0 heterocycles. The summed E-state index contributed by atoms with van der Waals surface area (Å²) >= 11 is 1.20. The van der Waals surface area contributed by atoms with Crippen LogP contribution in [0, 0.1) is 5.92 Å². The lowest BCUT2D eigenvalue weighted by Gasteiger charge is -2.07. The van der Waals surface area contributed by atoms with Gasteiger partial charge in [0.2, 0.25) is 0 Å². The average Bonchev–Trinajstić information content (AvgIpc) is 1.81. The van der Waals surface area contributed by atoms with Gasteiger partial charge in [0.25, 0.3) is 0 Å². The lowest BCUT2D eigenvalue weighted by atomic mass is 10.2. The number of aliphatic hydroxyl groups is 1. The smallest absolute Gasteiger partial charge is 0.147 e. The third-order valence-corrected chi connectivity index (χ3v) is 2.05. The van der Waals surface area contributed by atoms with E-state index in [0.29, 0.717) is 5.92 Å². The Morgan fingerprint density at radius 1 is 1.70 bits per heavy atom. The van der Waals surface area contributed by atoms with Crippen LogP contribution in [0.25, 0.3) is 0 Å². The highest BCUT2D eigenvalue weighted by molar-refractivity contribution is 8.06. The normalized spacial score (nSPS) is 12.1. The molecule has 58 valence electrons. The van der Waals surface area contributed by atoms with Gasteiger partial charge in [0.1, 0.15) is 5.09 Å². The molecular formula is C7H13NOS. The first-order valence-electron chi connectivity index (χ1n) is 3.05. The van der Waals surface area contributed by atoms with Crippen LogP contribution in [0.4, 0.5) is 0 Å². The SMILES string of the molecule is C=C(O)S/C(=C\N)C(C)C. The van der Waals surface area contributed by atoms with Gasteiger partial charge in [-0.25, -0.2) is 0 Å². The fraction of sp³-hybridized carbons (Fsp3) is 0.429. The highest BCUT2D eigenvalue weighted by atomic mass is 32.2. The summed E-state index contributed by atoms with van der Waals surface area (Å²) in [5.74, 6) is 0.346. The van der Waals surface area contributed by atoms with Crippen molar-refractivity contribution in [2.75, 3.05) is 0 Å². The summed E-state index contributed by atoms with van der Waals surface area (Å²) in [6.07, 6.45) is 1.50. The molecule has 0 fully saturated rings. The molecule has 3 heteroatoms. The van der Waals surface area contributed by atoms with Crippen LogP contribution in [0.3, 0.4) is 0 Å². The molecule has 0 aromatic rings. The molecule has 0 aliphatic rings. The Labute approximate surface area is 65.8 Å². The first-order chi connectivity index (χ1) is 4.57. The monoisotopic (exact) mass is 159 g/mol. The van der Waals surface area contributed by atoms with E-state index in [-0.39, 0.29) is 5.09 Å². The Hall–Kier alpha value is -0.570. The second-order valence-corrected chi connectivity index (χ2v) is 3.37. The van der Waals surface area contributed by atoms with Crippen LogP contribution < -0.4 is 5.73 Å². The Morgan fingerprint density at radius 2 is 2.20 bits per heavy atom. The molecule has 0 rings (SSSR count). The summed E-state index contributed by atoms with van der Waals surface area (Å²) < 4.78 is 0. The van der Waals surface area contributed by atoms with Crippen molar-refractivity contribution in [1.29, 1.82) is 0 Å². The highest BCUT2D eigenvalue weighted by Crippen LogP contribution is 2.27. The van der Waals surface area contributed by atoms with E-state index in [9.17, 15) is 0 Å². The summed E-state index contributed by atoms with van der Waals surface area (Å²) in [5, 5.41) is 8.86. The van der Waals surface area contributed by atoms with E-state index in [1.165, 1.54) is 18.0 Å². The van der Waals surface area contributed by atoms with Gasteiger partial charge in [0.15, 0.2) is 0 Å². The van der Waals surface area contributed by atoms with E-state index < -0.39 is 0 Å². The van der Waals surface area contributed by atoms with Gasteiger partial charge in [-0.3, -0.25) is 0 Å². The lowest BCUT2D eigenvalue weighted by molar-refractivity contribution is 0.459. The molecule has 3 N–H and O–H groups in total. The number of allylic oxidation sites excluding steroid dienone is 1. The Bertz CT molecular complexity index is 152. The molecule has 0 radical (unpaired) electrons. The quantitative estimate of drug-likeness (QED) is 0.620. The van der Waals surface area contributed by atoms with Gasteiger partial charge in [0.05, 0.1) is 0 Å². The molecule has 0 saturated carbocycles. The van der Waals surface area contributed by atoms with Crippen molar-refractivity contribution in [3.8, 4) is 0 Å². The fourth-order valence-corrected chi connectivity index (χ4v) is 1.06. The van der Waals surface area contributed by atoms with Crippen LogP contribution in [0.1, 0.15) is 13.8 Å². The van der Waals surface area contributed by atoms with Gasteiger partial charge in [-0.05, 0) is 12.5 Å². The summed E-state index contributed by atoms with van der Waals surface area (Å²) in [7, 11) is 0. The molecule has 0 aliphatic carbocycles. The van der Waals surface area contributed by atoms with Gasteiger partial charge in [-0.1, -0.05) is 25.6 Å². The maximum atomic E-state index is 8.77. The largest absolute Gasteiger partial charge is 0.502 e. The molecule has 0 unspecified atom stereocenters. The Morgan fingerprint density at radius 3 is 2.30 bits per heavy atom. The lowest BCUT2D eigenvalue weighted by Crippen LogP contribution is -1.93. The fourth-order valence-electron chi connectivity index (χ4n) is 0.480. The molecule has 0 amide bonds. The van der Waals surface area contributed by atoms with E-state index in [0.717, 1.165) is 4.91 Å². The molecule has 0 aliphatic heterocycles. The summed E-state index contributed by atoms with van der Waals surface area (Å²) in [4.78, 5) is 0.938. The molecule has 0 aromatic carbocycles. The van der Waals surface area contributed by atoms with E-state index in [4.69, 9.17) is 10.8 Å². The Balaban J connectivity index is 3.99. The molecular weight excluding hydrogens is 146 g/mol. The van der Waals surface area contributed by atoms with Crippen LogP contribution in [0.5, 0.6) is 0 Å². The topological polar surface area (TPSA) is 46.2 Å². The van der Waals surface area contributed by atoms with Crippen LogP contribution in [-0.2, 0) is 0 Å². The predicted molar refractivity (Wildman–Crippen MR) is 46.5 cm³/mol. The number of rotatable bonds is 3. The average molecular weight is 159 g/mol. The van der Waals surface area contributed by atoms with Crippen LogP contribution >= 0.6 is 11.8 Å². The minimum absolute atomic E-state index is 0.0883. The third-order valence-electron chi connectivity index (χ3n) is 0.969. The summed E-state index contributed by atoms with van der Waals surface area (Å²) in [5.41, 5.74) is 5.29. The van der Waals surface area contributed by atoms with E-state index in [1.807, 2.05) is 13.8 Å². The van der Waals surface area contributed by atoms with Crippen molar-refractivity contribution in [3.05, 3.63) is 22.8 Å². The Kier molecular flexibility index (Phi) is 4.03. The first-order valence-corrected chi connectivity index (χ1v) is 3.87. The van der Waals surface area contributed by atoms with Crippen molar-refractivity contribution in [2.45, 2.75) is 13.8 Å². The minimum Gasteiger partial charge on any atom is -0.502 e. The number of aliphatic hydroxyl groups excluding tert-OH is 1. The van der Waals surface area contributed by atoms with Crippen LogP contribution in [-0.4, -0.2) is 5.11 Å². The van der Waals surface area contributed by atoms with Gasteiger partial charge >= 0.3 is 0 Å². The van der Waals surface area contributed by atoms with Crippen molar-refractivity contribution in [2.24, 2.45) is 11.7 Å². The van der Waals surface area contributed by atoms with E-state index in [2.05, 4.69) is 6.58 Å². The van der Waals surface area contributed by atoms with E-state index in [1.54, 1.807) is 0 Å². The molecule has 0 aromatic heterocycles. The molecule has 0 atom stereocenters. The zero-order valence-electron chi connectivity index (χ0n) is 6.29. The summed E-state index contributed by atoms with van der Waals surface area (Å²) in [6.45, 7) is 7.36. The van der Waals surface area contributed by atoms with Crippen molar-refractivity contribution < 1.29 is 5.11 Å². The van der Waals surface area contributed by atoms with E-state index >= 15 is 0 Å². The van der Waals surface area contributed by atoms with Crippen molar-refractivity contribution in [3.63, 3.8) is 0 Å². The standard InChI is InChI=1S/C7H13NOS/c1-5(2)7(4-8)10-6(3)9/h4-5,9H,3,8H2,1-2H3/b7-4-. The number of thioether (sulfide) groups is 1. The van der Waals surface area contributed by atoms with Gasteiger partial charge in [-0.2, -0.15) is 0 Å². The maximum absolute atomic E-state index is 8.77. The van der Waals surface area contributed by atoms with Crippen molar-refractivity contribution >= 4 is 11.8 Å². The minimum atomic E-state index is 0.0883. The molecule has 0 spiro atoms. The zero-order chi connectivity index (χ0) is 8.15. The maximum Gasteiger partial charge on any atom is 0.147 e. The first kappa shape index (κ1) is 9.43. The summed E-state index contributed by atoms with van der Waals surface area (Å²) in [6, 6.07) is 0. The molecule has 2 nitrogen and oxygen atoms in total. The molecule has 0 saturated heterocycles. The number of nitrogens with two attached hydrogens (primary N) is 1. The molecule has 10 heavy (non-hydrogen) atoms. The predicted octanol–water partition coefficient (Wildman–Crippen LogP) is 2.20. The van der Waals surface area contributed by atoms with Crippen LogP contribution in [0.15, 0.2) is 22.8 Å². The van der Waals surface area contributed by atoms with Gasteiger partial charge in [0, 0.05) is 11.1 Å². The number of hydrogen-bond donors (Lipinski definition) is 2. The second kappa shape index (κ2) is 4.28. The van der Waals surface area contributed by atoms with Gasteiger partial charge in [-0.15, -0.1) is 0 Å². The zero-order valence-corrected chi connectivity index (χ0v) is 7.11. The molecule has 0 bridgehead atoms. The van der Waals surface area contributed by atoms with Crippen molar-refractivity contribution in [1.82, 2.24) is 0 Å². The second-order valence-electron chi connectivity index (χ2n) is 2.22. The van der Waals surface area contributed by atoms with Gasteiger partial charge < -0.3 is 10.8 Å².